The molecular formula is C32H38N4O6S. The van der Waals surface area contributed by atoms with Crippen LogP contribution in [0.1, 0.15) is 49.2 Å². The van der Waals surface area contributed by atoms with Crippen molar-refractivity contribution in [2.45, 2.75) is 56.3 Å². The highest BCUT2D eigenvalue weighted by atomic mass is 32.2. The number of aliphatic hydroxyl groups excluding tert-OH is 1. The van der Waals surface area contributed by atoms with E-state index in [9.17, 15) is 23.1 Å². The fourth-order valence-corrected chi connectivity index (χ4v) is 5.72. The van der Waals surface area contributed by atoms with Gasteiger partial charge in [-0.3, -0.25) is 9.52 Å². The van der Waals surface area contributed by atoms with Crippen molar-refractivity contribution in [2.24, 2.45) is 0 Å². The number of nitrogens with zero attached hydrogens (tertiary/aromatic N) is 1. The maximum absolute atomic E-state index is 12.7. The third-order valence-corrected chi connectivity index (χ3v) is 8.66. The zero-order valence-electron chi connectivity index (χ0n) is 24.7. The summed E-state index contributed by atoms with van der Waals surface area (Å²) in [5.41, 5.74) is 2.07. The number of amides is 1. The largest absolute Gasteiger partial charge is 0.467 e. The predicted octanol–water partition coefficient (Wildman–Crippen LogP) is 4.23. The molecule has 0 saturated heterocycles. The number of ether oxygens (including phenoxy) is 1. The second-order valence-corrected chi connectivity index (χ2v) is 12.8. The van der Waals surface area contributed by atoms with Gasteiger partial charge in [0.05, 0.1) is 18.1 Å². The topological polar surface area (TPSA) is 139 Å². The summed E-state index contributed by atoms with van der Waals surface area (Å²) in [4.78, 5) is 24.4. The lowest BCUT2D eigenvalue weighted by Crippen LogP contribution is -2.42. The lowest BCUT2D eigenvalue weighted by atomic mass is 9.99. The van der Waals surface area contributed by atoms with Gasteiger partial charge in [-0.1, -0.05) is 30.3 Å². The van der Waals surface area contributed by atoms with Crippen LogP contribution in [0.15, 0.2) is 90.0 Å². The minimum absolute atomic E-state index is 0.163. The molecule has 43 heavy (non-hydrogen) atoms. The summed E-state index contributed by atoms with van der Waals surface area (Å²) in [7, 11) is -2.46. The molecule has 0 aliphatic rings. The number of β-amino-alcohol motifs (C(OH)–C–C–N with tert-alkyl or cyclic N) is 1. The molecular weight excluding hydrogens is 568 g/mol. The van der Waals surface area contributed by atoms with E-state index in [1.54, 1.807) is 61.5 Å². The van der Waals surface area contributed by atoms with Gasteiger partial charge < -0.3 is 25.0 Å². The van der Waals surface area contributed by atoms with Crippen LogP contribution in [0.3, 0.4) is 0 Å². The molecule has 0 bridgehead atoms. The summed E-state index contributed by atoms with van der Waals surface area (Å²) in [6, 6.07) is 21.5. The van der Waals surface area contributed by atoms with E-state index in [1.807, 2.05) is 18.3 Å². The zero-order valence-corrected chi connectivity index (χ0v) is 25.5. The van der Waals surface area contributed by atoms with E-state index in [4.69, 9.17) is 0 Å². The highest BCUT2D eigenvalue weighted by molar-refractivity contribution is 7.92. The van der Waals surface area contributed by atoms with Gasteiger partial charge in [-0.25, -0.2) is 13.2 Å². The number of fused-ring (bicyclic) bond motifs is 1. The monoisotopic (exact) mass is 606 g/mol. The first-order chi connectivity index (χ1) is 20.4. The number of aromatic nitrogens is 1. The molecule has 0 saturated carbocycles. The lowest BCUT2D eigenvalue weighted by molar-refractivity contribution is -0.142. The van der Waals surface area contributed by atoms with Crippen LogP contribution in [0.5, 0.6) is 0 Å². The minimum Gasteiger partial charge on any atom is -0.467 e. The lowest BCUT2D eigenvalue weighted by Gasteiger charge is -2.28. The van der Waals surface area contributed by atoms with Gasteiger partial charge in [0.1, 0.15) is 6.04 Å². The molecule has 0 radical (unpaired) electrons. The van der Waals surface area contributed by atoms with Crippen molar-refractivity contribution >= 4 is 38.5 Å². The van der Waals surface area contributed by atoms with Gasteiger partial charge >= 0.3 is 5.97 Å². The van der Waals surface area contributed by atoms with E-state index in [1.165, 1.54) is 19.2 Å². The van der Waals surface area contributed by atoms with Crippen LogP contribution in [0.25, 0.3) is 10.9 Å². The Balaban J connectivity index is 1.33. The molecule has 0 aliphatic heterocycles. The second-order valence-electron chi connectivity index (χ2n) is 11.1. The van der Waals surface area contributed by atoms with Crippen LogP contribution in [-0.4, -0.2) is 55.2 Å². The maximum atomic E-state index is 12.7. The molecule has 0 aliphatic carbocycles. The van der Waals surface area contributed by atoms with Gasteiger partial charge in [0, 0.05) is 47.0 Å². The first kappa shape index (κ1) is 31.7. The fraction of sp³-hybridized carbons (Fsp3) is 0.312. The number of aryl methyl sites for hydroxylation is 1. The molecule has 10 nitrogen and oxygen atoms in total. The molecule has 228 valence electrons. The SMILES string of the molecule is COC(=O)[C@H](C)NC(=O)c1ccc2c(ccn2CCC(C)(C)NC[C@H](O)c2cccc(NS(=O)(=O)c3ccccc3)c2)c1. The third-order valence-electron chi connectivity index (χ3n) is 7.26. The predicted molar refractivity (Wildman–Crippen MR) is 166 cm³/mol. The Morgan fingerprint density at radius 1 is 1.00 bits per heavy atom. The van der Waals surface area contributed by atoms with Crippen LogP contribution < -0.4 is 15.4 Å². The molecule has 0 unspecified atom stereocenters. The van der Waals surface area contributed by atoms with E-state index in [0.29, 0.717) is 23.4 Å². The van der Waals surface area contributed by atoms with Crippen LogP contribution >= 0.6 is 0 Å². The van der Waals surface area contributed by atoms with Crippen LogP contribution in [0.4, 0.5) is 5.69 Å². The van der Waals surface area contributed by atoms with E-state index in [2.05, 4.69) is 38.5 Å². The van der Waals surface area contributed by atoms with Crippen LogP contribution in [0.2, 0.25) is 0 Å². The normalized spacial score (nSPS) is 13.3. The molecule has 0 spiro atoms. The Labute approximate surface area is 252 Å². The highest BCUT2D eigenvalue weighted by Crippen LogP contribution is 2.23. The van der Waals surface area contributed by atoms with E-state index in [-0.39, 0.29) is 22.9 Å². The van der Waals surface area contributed by atoms with Crippen molar-refractivity contribution in [3.05, 3.63) is 96.2 Å². The summed E-state index contributed by atoms with van der Waals surface area (Å²) in [5.74, 6) is -0.861. The Morgan fingerprint density at radius 3 is 2.47 bits per heavy atom. The van der Waals surface area contributed by atoms with E-state index in [0.717, 1.165) is 17.3 Å². The number of carbonyl (C=O) groups is 2. The average molecular weight is 607 g/mol. The third kappa shape index (κ3) is 8.22. The first-order valence-corrected chi connectivity index (χ1v) is 15.5. The van der Waals surface area contributed by atoms with Gasteiger partial charge in [0.15, 0.2) is 0 Å². The Morgan fingerprint density at radius 2 is 1.74 bits per heavy atom. The molecule has 1 amide bonds. The van der Waals surface area contributed by atoms with Crippen molar-refractivity contribution in [1.82, 2.24) is 15.2 Å². The molecule has 4 rings (SSSR count). The summed E-state index contributed by atoms with van der Waals surface area (Å²) in [6.07, 6.45) is 1.87. The molecule has 2 atom stereocenters. The first-order valence-electron chi connectivity index (χ1n) is 14.0. The maximum Gasteiger partial charge on any atom is 0.328 e. The van der Waals surface area contributed by atoms with E-state index >= 15 is 0 Å². The number of benzene rings is 3. The van der Waals surface area contributed by atoms with Crippen LogP contribution in [0, 0.1) is 0 Å². The summed E-state index contributed by atoms with van der Waals surface area (Å²) in [6.45, 7) is 6.65. The van der Waals surface area contributed by atoms with Crippen molar-refractivity contribution in [2.75, 3.05) is 18.4 Å². The van der Waals surface area contributed by atoms with Gasteiger partial charge in [-0.2, -0.15) is 0 Å². The van der Waals surface area contributed by atoms with Gasteiger partial charge in [0.2, 0.25) is 0 Å². The summed E-state index contributed by atoms with van der Waals surface area (Å²) in [5, 5.41) is 17.9. The van der Waals surface area contributed by atoms with Crippen molar-refractivity contribution < 1.29 is 27.9 Å². The van der Waals surface area contributed by atoms with Crippen molar-refractivity contribution in [1.29, 1.82) is 0 Å². The Hall–Kier alpha value is -4.19. The average Bonchev–Trinajstić information content (AvgIpc) is 3.41. The quantitative estimate of drug-likeness (QED) is 0.167. The minimum atomic E-state index is -3.74. The number of hydrogen-bond acceptors (Lipinski definition) is 7. The molecule has 1 aromatic heterocycles. The number of anilines is 1. The zero-order chi connectivity index (χ0) is 31.2. The van der Waals surface area contributed by atoms with Crippen LogP contribution in [-0.2, 0) is 26.1 Å². The summed E-state index contributed by atoms with van der Waals surface area (Å²) < 4.78 is 34.7. The molecule has 1 heterocycles. The second kappa shape index (κ2) is 13.4. The summed E-state index contributed by atoms with van der Waals surface area (Å²) >= 11 is 0. The van der Waals surface area contributed by atoms with E-state index < -0.39 is 28.1 Å². The number of sulfonamides is 1. The number of aliphatic hydroxyl groups is 1. The fourth-order valence-electron chi connectivity index (χ4n) is 4.65. The van der Waals surface area contributed by atoms with Gasteiger partial charge in [-0.15, -0.1) is 0 Å². The van der Waals surface area contributed by atoms with Gasteiger partial charge in [0.25, 0.3) is 15.9 Å². The molecule has 3 aromatic carbocycles. The number of esters is 1. The standard InChI is InChI=1S/C32H38N4O6S/c1-22(31(39)42-4)34-30(38)25-13-14-28-23(19-25)15-17-36(28)18-16-32(2,3)33-21-29(37)24-9-8-10-26(20-24)35-43(40,41)27-11-6-5-7-12-27/h5-15,17,19-20,22,29,33,35,37H,16,18,21H2,1-4H3,(H,34,38)/t22-,29-/m0/s1. The smallest absolute Gasteiger partial charge is 0.328 e. The Bertz CT molecular complexity index is 1680. The number of nitrogens with one attached hydrogen (secondary N) is 3. The number of rotatable bonds is 13. The number of methoxy groups -OCH3 is 1. The molecule has 4 aromatic rings. The highest BCUT2D eigenvalue weighted by Gasteiger charge is 2.21. The number of hydrogen-bond donors (Lipinski definition) is 4. The molecule has 4 N–H and O–H groups in total. The number of carbonyl (C=O) groups excluding carboxylic acids is 2. The Kier molecular flexibility index (Phi) is 9.90. The molecule has 0 fully saturated rings. The van der Waals surface area contributed by atoms with Crippen molar-refractivity contribution in [3.63, 3.8) is 0 Å². The van der Waals surface area contributed by atoms with Crippen molar-refractivity contribution in [3.8, 4) is 0 Å². The molecule has 11 heteroatoms. The van der Waals surface area contributed by atoms with Gasteiger partial charge in [-0.05, 0) is 81.3 Å².